The molecule has 1 aliphatic rings. The molecule has 13 heavy (non-hydrogen) atoms. The van der Waals surface area contributed by atoms with Gasteiger partial charge in [-0.05, 0) is 4.20 Å². The minimum atomic E-state index is -3.40. The maximum Gasteiger partial charge on any atom is 0.433 e. The number of nitrogens with zero attached hydrogens (tertiary/aromatic N) is 1. The zero-order valence-corrected chi connectivity index (χ0v) is 8.49. The molecule has 1 saturated heterocycles. The Hall–Kier alpha value is -0.410. The van der Waals surface area contributed by atoms with Crippen LogP contribution in [0, 0.1) is 20.2 Å². The largest absolute Gasteiger partial charge is 0.433 e. The van der Waals surface area contributed by atoms with Crippen molar-refractivity contribution in [2.45, 2.75) is 0 Å². The van der Waals surface area contributed by atoms with Crippen LogP contribution < -0.4 is 14.1 Å². The molecule has 0 atom stereocenters. The second-order valence-corrected chi connectivity index (χ2v) is 3.03. The molecule has 1 aliphatic heterocycles. The quantitative estimate of drug-likeness (QED) is 0.302. The van der Waals surface area contributed by atoms with Crippen molar-refractivity contribution in [1.82, 2.24) is 4.90 Å². The van der Waals surface area contributed by atoms with Crippen LogP contribution in [0.15, 0.2) is 0 Å². The zero-order valence-electron chi connectivity index (χ0n) is 6.90. The zero-order chi connectivity index (χ0) is 10.3. The van der Waals surface area contributed by atoms with Crippen LogP contribution in [0.4, 0.5) is 0 Å². The van der Waals surface area contributed by atoms with Gasteiger partial charge < -0.3 is 23.8 Å². The van der Waals surface area contributed by atoms with Crippen LogP contribution in [0.2, 0.25) is 0 Å². The van der Waals surface area contributed by atoms with Crippen molar-refractivity contribution in [2.24, 2.45) is 5.73 Å². The third-order valence-corrected chi connectivity index (χ3v) is 1.35. The second kappa shape index (κ2) is 7.04. The first-order valence-corrected chi connectivity index (χ1v) is 5.45. The number of halogens is 1. The van der Waals surface area contributed by atoms with Crippen LogP contribution in [0.1, 0.15) is 0 Å². The van der Waals surface area contributed by atoms with Gasteiger partial charge in [0.25, 0.3) is 0 Å². The predicted molar refractivity (Wildman–Crippen MR) is 36.5 cm³/mol. The second-order valence-electron chi connectivity index (χ2n) is 2.19. The predicted octanol–water partition coefficient (Wildman–Crippen LogP) is -3.72. The van der Waals surface area contributed by atoms with Gasteiger partial charge in [-0.15, -0.1) is 0 Å². The lowest BCUT2D eigenvalue weighted by Gasteiger charge is -2.26. The molecular formula is C5H12BrN3O4. The summed E-state index contributed by atoms with van der Waals surface area (Å²) in [5.41, 5.74) is 5.22. The van der Waals surface area contributed by atoms with E-state index in [0.29, 0.717) is 13.2 Å². The number of ether oxygens (including phenoxy) is 1. The van der Waals surface area contributed by atoms with E-state index in [-0.39, 0.29) is 5.96 Å². The van der Waals surface area contributed by atoms with E-state index < -0.39 is 14.8 Å². The molecule has 1 heterocycles. The van der Waals surface area contributed by atoms with Crippen molar-refractivity contribution in [3.05, 3.63) is 0 Å². The molecule has 0 saturated carbocycles. The lowest BCUT2D eigenvalue weighted by Crippen LogP contribution is -2.44. The van der Waals surface area contributed by atoms with Crippen LogP contribution in [-0.4, -0.2) is 41.4 Å². The molecule has 4 N–H and O–H groups in total. The Bertz CT molecular complexity index is 148. The standard InChI is InChI=1S/C5H11N3O.BrHO3/c6-5(7)8-1-3-9-4-2-8;2-1(3)4/h1-4H2,(H3,6,7);2H. The van der Waals surface area contributed by atoms with Crippen LogP contribution in [-0.2, 0) is 4.74 Å². The van der Waals surface area contributed by atoms with Crippen molar-refractivity contribution in [2.75, 3.05) is 26.3 Å². The summed E-state index contributed by atoms with van der Waals surface area (Å²) in [6, 6.07) is 0. The maximum absolute atomic E-state index is 8.63. The van der Waals surface area contributed by atoms with Crippen molar-refractivity contribution in [3.8, 4) is 0 Å². The van der Waals surface area contributed by atoms with Crippen molar-refractivity contribution in [3.63, 3.8) is 0 Å². The van der Waals surface area contributed by atoms with E-state index in [9.17, 15) is 0 Å². The number of nitrogens with one attached hydrogen (secondary N) is 1. The average molecular weight is 258 g/mol. The van der Waals surface area contributed by atoms with Crippen molar-refractivity contribution >= 4 is 5.96 Å². The van der Waals surface area contributed by atoms with E-state index in [4.69, 9.17) is 28.5 Å². The molecule has 0 aromatic carbocycles. The van der Waals surface area contributed by atoms with Crippen LogP contribution in [0.25, 0.3) is 0 Å². The number of nitrogens with two attached hydrogens (primary N) is 1. The molecular weight excluding hydrogens is 246 g/mol. The summed E-state index contributed by atoms with van der Waals surface area (Å²) in [5.74, 6) is 0.151. The third-order valence-electron chi connectivity index (χ3n) is 1.35. The first-order valence-electron chi connectivity index (χ1n) is 3.45. The van der Waals surface area contributed by atoms with Gasteiger partial charge in [-0.3, -0.25) is 5.41 Å². The highest BCUT2D eigenvalue weighted by Crippen LogP contribution is 1.93. The molecule has 0 aliphatic carbocycles. The Kier molecular flexibility index (Phi) is 6.82. The van der Waals surface area contributed by atoms with Gasteiger partial charge in [0, 0.05) is 13.1 Å². The topological polar surface area (TPSA) is 129 Å². The summed E-state index contributed by atoms with van der Waals surface area (Å²) in [4.78, 5) is 1.80. The number of hydrogen-bond acceptors (Lipinski definition) is 5. The maximum atomic E-state index is 8.63. The fourth-order valence-corrected chi connectivity index (χ4v) is 0.804. The van der Waals surface area contributed by atoms with Gasteiger partial charge in [0.15, 0.2) is 5.96 Å². The van der Waals surface area contributed by atoms with Gasteiger partial charge in [-0.25, -0.2) is 0 Å². The molecule has 7 nitrogen and oxygen atoms in total. The molecule has 0 radical (unpaired) electrons. The highest BCUT2D eigenvalue weighted by molar-refractivity contribution is 5.74. The first-order chi connectivity index (χ1) is 6.04. The van der Waals surface area contributed by atoms with E-state index in [2.05, 4.69) is 0 Å². The molecule has 0 unspecified atom stereocenters. The third kappa shape index (κ3) is 7.94. The highest BCUT2D eigenvalue weighted by atomic mass is 80.0. The smallest absolute Gasteiger partial charge is 0.378 e. The van der Waals surface area contributed by atoms with Crippen molar-refractivity contribution in [1.29, 1.82) is 5.41 Å². The fourth-order valence-electron chi connectivity index (χ4n) is 0.804. The molecule has 1 fully saturated rings. The lowest BCUT2D eigenvalue weighted by molar-refractivity contribution is -1.63. The molecule has 1 rings (SSSR count). The van der Waals surface area contributed by atoms with E-state index in [1.54, 1.807) is 4.90 Å². The van der Waals surface area contributed by atoms with Crippen molar-refractivity contribution < 1.29 is 32.1 Å². The summed E-state index contributed by atoms with van der Waals surface area (Å²) in [5, 5.41) is 7.04. The molecule has 8 heteroatoms. The van der Waals surface area contributed by atoms with E-state index in [0.717, 1.165) is 13.1 Å². The van der Waals surface area contributed by atoms with E-state index in [1.807, 2.05) is 0 Å². The number of guanidine groups is 1. The Morgan fingerprint density at radius 1 is 1.46 bits per heavy atom. The molecule has 0 bridgehead atoms. The van der Waals surface area contributed by atoms with Gasteiger partial charge in [0.2, 0.25) is 0 Å². The first kappa shape index (κ1) is 12.6. The van der Waals surface area contributed by atoms with Gasteiger partial charge in [0.1, 0.15) is 0 Å². The number of hydrogen-bond donors (Lipinski definition) is 3. The van der Waals surface area contributed by atoms with E-state index >= 15 is 0 Å². The van der Waals surface area contributed by atoms with Crippen LogP contribution in [0.3, 0.4) is 0 Å². The van der Waals surface area contributed by atoms with Gasteiger partial charge in [0.05, 0.1) is 13.2 Å². The fraction of sp³-hybridized carbons (Fsp3) is 0.800. The highest BCUT2D eigenvalue weighted by Gasteiger charge is 2.09. The minimum absolute atomic E-state index is 0.151. The summed E-state index contributed by atoms with van der Waals surface area (Å²) in [6.07, 6.45) is 0. The average Bonchev–Trinajstić information content (AvgIpc) is 2.05. The molecule has 78 valence electrons. The van der Waals surface area contributed by atoms with Crippen LogP contribution >= 0.6 is 0 Å². The lowest BCUT2D eigenvalue weighted by atomic mass is 10.4. The summed E-state index contributed by atoms with van der Waals surface area (Å²) < 4.78 is 29.4. The van der Waals surface area contributed by atoms with E-state index in [1.165, 1.54) is 0 Å². The monoisotopic (exact) mass is 257 g/mol. The summed E-state index contributed by atoms with van der Waals surface area (Å²) in [6.45, 7) is 2.91. The summed E-state index contributed by atoms with van der Waals surface area (Å²) in [7, 11) is 0. The number of rotatable bonds is 0. The SMILES string of the molecule is N=C(N)N1CCOCC1.[O-][Br+2]([O-])O. The Morgan fingerprint density at radius 3 is 2.08 bits per heavy atom. The van der Waals surface area contributed by atoms with Gasteiger partial charge in [-0.2, -0.15) is 0 Å². The van der Waals surface area contributed by atoms with Gasteiger partial charge in [-0.1, -0.05) is 0 Å². The molecule has 0 spiro atoms. The minimum Gasteiger partial charge on any atom is -0.378 e. The van der Waals surface area contributed by atoms with Crippen LogP contribution in [0.5, 0.6) is 0 Å². The summed E-state index contributed by atoms with van der Waals surface area (Å²) >= 11 is -3.40. The molecule has 0 aromatic heterocycles. The van der Waals surface area contributed by atoms with Gasteiger partial charge >= 0.3 is 14.8 Å². The normalized spacial score (nSPS) is 16.5. The Morgan fingerprint density at radius 2 is 1.85 bits per heavy atom. The number of morpholine rings is 1. The molecule has 0 aromatic rings. The Balaban J connectivity index is 0.000000310. The Labute approximate surface area is 81.0 Å². The molecule has 0 amide bonds.